The van der Waals surface area contributed by atoms with Gasteiger partial charge in [-0.05, 0) is 12.8 Å². The largest absolute Gasteiger partial charge is 0.480 e. The lowest BCUT2D eigenvalue weighted by atomic mass is 10.2. The van der Waals surface area contributed by atoms with Gasteiger partial charge in [0, 0.05) is 26.1 Å². The van der Waals surface area contributed by atoms with E-state index in [1.165, 1.54) is 12.8 Å². The van der Waals surface area contributed by atoms with E-state index in [1.54, 1.807) is 7.05 Å². The van der Waals surface area contributed by atoms with E-state index in [-0.39, 0.29) is 12.5 Å². The van der Waals surface area contributed by atoms with Crippen LogP contribution in [0.1, 0.15) is 32.1 Å². The van der Waals surface area contributed by atoms with Crippen molar-refractivity contribution < 1.29 is 14.7 Å². The third kappa shape index (κ3) is 4.18. The van der Waals surface area contributed by atoms with Crippen LogP contribution in [0.25, 0.3) is 0 Å². The van der Waals surface area contributed by atoms with Crippen molar-refractivity contribution >= 4 is 11.9 Å². The van der Waals surface area contributed by atoms with Crippen molar-refractivity contribution in [3.8, 4) is 0 Å². The highest BCUT2D eigenvalue weighted by atomic mass is 16.4. The molecule has 16 heavy (non-hydrogen) atoms. The van der Waals surface area contributed by atoms with Crippen LogP contribution < -0.4 is 5.32 Å². The normalized spacial score (nSPS) is 16.6. The van der Waals surface area contributed by atoms with Crippen LogP contribution in [-0.2, 0) is 9.59 Å². The summed E-state index contributed by atoms with van der Waals surface area (Å²) in [6.45, 7) is 0.582. The molecule has 0 heterocycles. The van der Waals surface area contributed by atoms with Crippen LogP contribution in [-0.4, -0.2) is 48.1 Å². The van der Waals surface area contributed by atoms with Gasteiger partial charge in [0.2, 0.25) is 5.91 Å². The lowest BCUT2D eigenvalue weighted by molar-refractivity contribution is -0.139. The monoisotopic (exact) mass is 228 g/mol. The molecule has 1 rings (SSSR count). The first kappa shape index (κ1) is 13.0. The van der Waals surface area contributed by atoms with Crippen LogP contribution in [0, 0.1) is 0 Å². The van der Waals surface area contributed by atoms with Gasteiger partial charge >= 0.3 is 5.97 Å². The number of carboxylic acids is 1. The molecule has 5 heteroatoms. The predicted molar refractivity (Wildman–Crippen MR) is 60.1 cm³/mol. The third-order valence-corrected chi connectivity index (χ3v) is 3.08. The molecule has 1 amide bonds. The fraction of sp³-hybridized carbons (Fsp3) is 0.818. The number of carbonyl (C=O) groups is 2. The van der Waals surface area contributed by atoms with E-state index >= 15 is 0 Å². The Kier molecular flexibility index (Phi) is 5.25. The minimum Gasteiger partial charge on any atom is -0.480 e. The quantitative estimate of drug-likeness (QED) is 0.692. The van der Waals surface area contributed by atoms with Crippen molar-refractivity contribution in [2.45, 2.75) is 38.1 Å². The Labute approximate surface area is 95.8 Å². The predicted octanol–water partition coefficient (Wildman–Crippen LogP) is 0.452. The van der Waals surface area contributed by atoms with E-state index in [9.17, 15) is 9.59 Å². The maximum absolute atomic E-state index is 11.1. The van der Waals surface area contributed by atoms with E-state index in [0.29, 0.717) is 19.0 Å². The average molecular weight is 228 g/mol. The zero-order valence-corrected chi connectivity index (χ0v) is 9.74. The van der Waals surface area contributed by atoms with Crippen molar-refractivity contribution in [1.29, 1.82) is 0 Å². The maximum Gasteiger partial charge on any atom is 0.317 e. The summed E-state index contributed by atoms with van der Waals surface area (Å²) in [5.41, 5.74) is 0. The molecule has 0 atom stereocenters. The summed E-state index contributed by atoms with van der Waals surface area (Å²) < 4.78 is 0. The van der Waals surface area contributed by atoms with Crippen molar-refractivity contribution in [2.75, 3.05) is 20.1 Å². The second-order valence-corrected chi connectivity index (χ2v) is 4.23. The van der Waals surface area contributed by atoms with Gasteiger partial charge in [-0.15, -0.1) is 0 Å². The minimum absolute atomic E-state index is 0.0339. The molecule has 0 unspecified atom stereocenters. The molecule has 0 aromatic rings. The Hall–Kier alpha value is -1.10. The molecule has 2 N–H and O–H groups in total. The molecule has 0 bridgehead atoms. The summed E-state index contributed by atoms with van der Waals surface area (Å²) in [6, 6.07) is 0.348. The number of amides is 1. The van der Waals surface area contributed by atoms with Gasteiger partial charge in [-0.2, -0.15) is 0 Å². The summed E-state index contributed by atoms with van der Waals surface area (Å²) in [5, 5.41) is 11.4. The molecular formula is C11H20N2O3. The molecule has 0 aromatic heterocycles. The molecule has 0 saturated heterocycles. The van der Waals surface area contributed by atoms with Gasteiger partial charge in [-0.1, -0.05) is 12.8 Å². The van der Waals surface area contributed by atoms with E-state index in [1.807, 2.05) is 4.90 Å². The molecule has 1 fully saturated rings. The van der Waals surface area contributed by atoms with Crippen molar-refractivity contribution in [3.05, 3.63) is 0 Å². The summed E-state index contributed by atoms with van der Waals surface area (Å²) in [5.74, 6) is -0.850. The van der Waals surface area contributed by atoms with E-state index < -0.39 is 5.97 Å². The molecule has 1 aliphatic rings. The van der Waals surface area contributed by atoms with Gasteiger partial charge in [0.1, 0.15) is 0 Å². The highest BCUT2D eigenvalue weighted by Crippen LogP contribution is 2.23. The Morgan fingerprint density at radius 3 is 2.50 bits per heavy atom. The van der Waals surface area contributed by atoms with E-state index in [2.05, 4.69) is 5.32 Å². The summed E-state index contributed by atoms with van der Waals surface area (Å²) >= 11 is 0. The Morgan fingerprint density at radius 2 is 2.00 bits per heavy atom. The van der Waals surface area contributed by atoms with E-state index in [0.717, 1.165) is 12.8 Å². The van der Waals surface area contributed by atoms with Crippen LogP contribution >= 0.6 is 0 Å². The average Bonchev–Trinajstić information content (AvgIpc) is 2.76. The second kappa shape index (κ2) is 6.48. The fourth-order valence-corrected chi connectivity index (χ4v) is 2.20. The Bertz CT molecular complexity index is 250. The molecule has 5 nitrogen and oxygen atoms in total. The zero-order chi connectivity index (χ0) is 12.0. The SMILES string of the molecule is CNC(=O)CCN(CC(=O)O)C1CCCC1. The smallest absolute Gasteiger partial charge is 0.317 e. The molecular weight excluding hydrogens is 208 g/mol. The highest BCUT2D eigenvalue weighted by molar-refractivity contribution is 5.75. The van der Waals surface area contributed by atoms with Crippen molar-refractivity contribution in [1.82, 2.24) is 10.2 Å². The molecule has 0 spiro atoms. The number of hydrogen-bond donors (Lipinski definition) is 2. The van der Waals surface area contributed by atoms with Crippen LogP contribution in [0.3, 0.4) is 0 Å². The van der Waals surface area contributed by atoms with Gasteiger partial charge in [-0.25, -0.2) is 0 Å². The first-order chi connectivity index (χ1) is 7.63. The Morgan fingerprint density at radius 1 is 1.38 bits per heavy atom. The highest BCUT2D eigenvalue weighted by Gasteiger charge is 2.24. The number of carboxylic acid groups (broad SMARTS) is 1. The summed E-state index contributed by atoms with van der Waals surface area (Å²) in [7, 11) is 1.60. The first-order valence-corrected chi connectivity index (χ1v) is 5.80. The van der Waals surface area contributed by atoms with Crippen LogP contribution in [0.15, 0.2) is 0 Å². The lowest BCUT2D eigenvalue weighted by Crippen LogP contribution is -2.39. The first-order valence-electron chi connectivity index (χ1n) is 5.80. The van der Waals surface area contributed by atoms with Gasteiger partial charge in [0.05, 0.1) is 6.54 Å². The van der Waals surface area contributed by atoms with E-state index in [4.69, 9.17) is 5.11 Å². The molecule has 1 saturated carbocycles. The molecule has 0 aromatic carbocycles. The second-order valence-electron chi connectivity index (χ2n) is 4.23. The molecule has 0 aliphatic heterocycles. The van der Waals surface area contributed by atoms with Crippen LogP contribution in [0.2, 0.25) is 0 Å². The summed E-state index contributed by atoms with van der Waals surface area (Å²) in [4.78, 5) is 23.8. The van der Waals surface area contributed by atoms with Crippen LogP contribution in [0.4, 0.5) is 0 Å². The Balaban J connectivity index is 2.42. The topological polar surface area (TPSA) is 69.6 Å². The number of rotatable bonds is 6. The zero-order valence-electron chi connectivity index (χ0n) is 9.74. The molecule has 0 radical (unpaired) electrons. The number of aliphatic carboxylic acids is 1. The third-order valence-electron chi connectivity index (χ3n) is 3.08. The number of nitrogens with zero attached hydrogens (tertiary/aromatic N) is 1. The van der Waals surface area contributed by atoms with Gasteiger partial charge in [-0.3, -0.25) is 14.5 Å². The maximum atomic E-state index is 11.1. The van der Waals surface area contributed by atoms with Crippen molar-refractivity contribution in [3.63, 3.8) is 0 Å². The molecule has 1 aliphatic carbocycles. The number of nitrogens with one attached hydrogen (secondary N) is 1. The van der Waals surface area contributed by atoms with Crippen molar-refractivity contribution in [2.24, 2.45) is 0 Å². The minimum atomic E-state index is -0.816. The standard InChI is InChI=1S/C11H20N2O3/c1-12-10(14)6-7-13(8-11(15)16)9-4-2-3-5-9/h9H,2-8H2,1H3,(H,12,14)(H,15,16). The van der Waals surface area contributed by atoms with Gasteiger partial charge in [0.25, 0.3) is 0 Å². The molecule has 92 valence electrons. The van der Waals surface area contributed by atoms with Gasteiger partial charge < -0.3 is 10.4 Å². The number of carbonyl (C=O) groups excluding carboxylic acids is 1. The summed E-state index contributed by atoms with van der Waals surface area (Å²) in [6.07, 6.45) is 4.82. The lowest BCUT2D eigenvalue weighted by Gasteiger charge is -2.26. The number of hydrogen-bond acceptors (Lipinski definition) is 3. The van der Waals surface area contributed by atoms with Crippen LogP contribution in [0.5, 0.6) is 0 Å². The van der Waals surface area contributed by atoms with Gasteiger partial charge in [0.15, 0.2) is 0 Å². The fourth-order valence-electron chi connectivity index (χ4n) is 2.20.